The van der Waals surface area contributed by atoms with Crippen molar-refractivity contribution in [3.8, 4) is 11.5 Å². The third-order valence-corrected chi connectivity index (χ3v) is 4.06. The van der Waals surface area contributed by atoms with Gasteiger partial charge in [-0.25, -0.2) is 0 Å². The fraction of sp³-hybridized carbons (Fsp3) is 0.471. The van der Waals surface area contributed by atoms with Gasteiger partial charge in [0.1, 0.15) is 0 Å². The molecule has 0 amide bonds. The van der Waals surface area contributed by atoms with Crippen molar-refractivity contribution < 1.29 is 14.3 Å². The summed E-state index contributed by atoms with van der Waals surface area (Å²) in [5.74, 6) is 0.988. The topological polar surface area (TPSA) is 35.5 Å². The maximum absolute atomic E-state index is 12.7. The molecule has 0 spiro atoms. The molecule has 0 fully saturated rings. The molecule has 114 valence electrons. The number of carbonyl (C=O) groups is 1. The lowest BCUT2D eigenvalue weighted by atomic mass is 9.94. The summed E-state index contributed by atoms with van der Waals surface area (Å²) in [5, 5.41) is 0.395. The Hall–Kier alpha value is -1.48. The minimum absolute atomic E-state index is 0.0414. The second kappa shape index (κ2) is 7.51. The van der Waals surface area contributed by atoms with Crippen LogP contribution in [-0.2, 0) is 0 Å². The molecule has 1 aliphatic carbocycles. The summed E-state index contributed by atoms with van der Waals surface area (Å²) in [6.45, 7) is 0. The van der Waals surface area contributed by atoms with E-state index >= 15 is 0 Å². The van der Waals surface area contributed by atoms with Gasteiger partial charge in [0, 0.05) is 5.56 Å². The van der Waals surface area contributed by atoms with Gasteiger partial charge in [-0.15, -0.1) is 0 Å². The maximum Gasteiger partial charge on any atom is 0.188 e. The molecule has 0 aromatic heterocycles. The van der Waals surface area contributed by atoms with E-state index in [2.05, 4.69) is 6.08 Å². The van der Waals surface area contributed by atoms with Crippen LogP contribution in [0.2, 0.25) is 5.02 Å². The number of halogens is 1. The second-order valence-electron chi connectivity index (χ2n) is 5.20. The van der Waals surface area contributed by atoms with E-state index in [1.807, 2.05) is 0 Å². The molecule has 0 saturated heterocycles. The molecule has 21 heavy (non-hydrogen) atoms. The lowest BCUT2D eigenvalue weighted by molar-refractivity contribution is 0.102. The summed E-state index contributed by atoms with van der Waals surface area (Å²) in [4.78, 5) is 12.7. The number of hydrogen-bond donors (Lipinski definition) is 0. The van der Waals surface area contributed by atoms with Crippen molar-refractivity contribution >= 4 is 17.4 Å². The number of ketones is 1. The summed E-state index contributed by atoms with van der Waals surface area (Å²) in [7, 11) is 3.07. The Morgan fingerprint density at radius 1 is 1.10 bits per heavy atom. The maximum atomic E-state index is 12.7. The third kappa shape index (κ3) is 3.79. The van der Waals surface area contributed by atoms with Crippen molar-refractivity contribution in [3.05, 3.63) is 34.4 Å². The molecule has 0 heterocycles. The number of rotatable bonds is 4. The van der Waals surface area contributed by atoms with Crippen LogP contribution in [0.5, 0.6) is 11.5 Å². The molecular formula is C17H21ClO3. The predicted octanol–water partition coefficient (Wildman–Crippen LogP) is 4.82. The SMILES string of the molecule is COc1cc(C(=O)/C2=C/CCCCCC2)cc(Cl)c1OC. The van der Waals surface area contributed by atoms with E-state index < -0.39 is 0 Å². The summed E-state index contributed by atoms with van der Waals surface area (Å²) in [5.41, 5.74) is 1.45. The van der Waals surface area contributed by atoms with E-state index in [0.717, 1.165) is 31.3 Å². The monoisotopic (exact) mass is 308 g/mol. The van der Waals surface area contributed by atoms with Crippen LogP contribution in [0.1, 0.15) is 48.9 Å². The van der Waals surface area contributed by atoms with Crippen molar-refractivity contribution in [2.24, 2.45) is 0 Å². The molecule has 1 aromatic rings. The van der Waals surface area contributed by atoms with Gasteiger partial charge in [-0.1, -0.05) is 30.5 Å². The van der Waals surface area contributed by atoms with Crippen LogP contribution in [-0.4, -0.2) is 20.0 Å². The van der Waals surface area contributed by atoms with Gasteiger partial charge in [0.25, 0.3) is 0 Å². The number of methoxy groups -OCH3 is 2. The fourth-order valence-corrected chi connectivity index (χ4v) is 2.92. The number of Topliss-reactive ketones (excluding diaryl/α,β-unsaturated/α-hetero) is 1. The van der Waals surface area contributed by atoms with E-state index in [1.54, 1.807) is 12.1 Å². The Kier molecular flexibility index (Phi) is 5.68. The van der Waals surface area contributed by atoms with E-state index in [-0.39, 0.29) is 5.78 Å². The highest BCUT2D eigenvalue weighted by Gasteiger charge is 2.18. The number of allylic oxidation sites excluding steroid dienone is 2. The summed E-state index contributed by atoms with van der Waals surface area (Å²) in [6.07, 6.45) is 8.55. The second-order valence-corrected chi connectivity index (χ2v) is 5.61. The van der Waals surface area contributed by atoms with E-state index in [1.165, 1.54) is 27.1 Å². The minimum Gasteiger partial charge on any atom is -0.493 e. The quantitative estimate of drug-likeness (QED) is 0.748. The number of ether oxygens (including phenoxy) is 2. The summed E-state index contributed by atoms with van der Waals surface area (Å²) < 4.78 is 10.5. The Labute approximate surface area is 130 Å². The van der Waals surface area contributed by atoms with Crippen LogP contribution in [0, 0.1) is 0 Å². The van der Waals surface area contributed by atoms with Crippen LogP contribution < -0.4 is 9.47 Å². The van der Waals surface area contributed by atoms with Gasteiger partial charge in [-0.2, -0.15) is 0 Å². The van der Waals surface area contributed by atoms with E-state index in [0.29, 0.717) is 22.1 Å². The van der Waals surface area contributed by atoms with E-state index in [4.69, 9.17) is 21.1 Å². The number of carbonyl (C=O) groups excluding carboxylic acids is 1. The molecule has 0 unspecified atom stereocenters. The molecular weight excluding hydrogens is 288 g/mol. The zero-order valence-electron chi connectivity index (χ0n) is 12.6. The first kappa shape index (κ1) is 15.9. The molecule has 2 rings (SSSR count). The standard InChI is InChI=1S/C17H21ClO3/c1-20-15-11-13(10-14(18)17(15)21-2)16(19)12-8-6-4-3-5-7-9-12/h8,10-11H,3-7,9H2,1-2H3/b12-8+. The van der Waals surface area contributed by atoms with Crippen molar-refractivity contribution in [2.45, 2.75) is 38.5 Å². The smallest absolute Gasteiger partial charge is 0.188 e. The van der Waals surface area contributed by atoms with Crippen molar-refractivity contribution in [2.75, 3.05) is 14.2 Å². The van der Waals surface area contributed by atoms with Crippen LogP contribution in [0.15, 0.2) is 23.8 Å². The van der Waals surface area contributed by atoms with E-state index in [9.17, 15) is 4.79 Å². The molecule has 1 aliphatic rings. The van der Waals surface area contributed by atoms with Gasteiger partial charge in [0.05, 0.1) is 19.2 Å². The zero-order chi connectivity index (χ0) is 15.2. The molecule has 0 N–H and O–H groups in total. The molecule has 0 radical (unpaired) electrons. The minimum atomic E-state index is 0.0414. The third-order valence-electron chi connectivity index (χ3n) is 3.78. The average Bonchev–Trinajstić information content (AvgIpc) is 2.45. The zero-order valence-corrected chi connectivity index (χ0v) is 13.3. The molecule has 4 heteroatoms. The molecule has 0 atom stereocenters. The molecule has 0 bridgehead atoms. The molecule has 1 aromatic carbocycles. The van der Waals surface area contributed by atoms with Crippen LogP contribution >= 0.6 is 11.6 Å². The largest absolute Gasteiger partial charge is 0.493 e. The number of benzene rings is 1. The van der Waals surface area contributed by atoms with Gasteiger partial charge in [-0.3, -0.25) is 4.79 Å². The highest BCUT2D eigenvalue weighted by molar-refractivity contribution is 6.33. The lowest BCUT2D eigenvalue weighted by Gasteiger charge is -2.14. The van der Waals surface area contributed by atoms with Gasteiger partial charge >= 0.3 is 0 Å². The summed E-state index contributed by atoms with van der Waals surface area (Å²) >= 11 is 6.18. The lowest BCUT2D eigenvalue weighted by Crippen LogP contribution is -2.06. The normalized spacial score (nSPS) is 18.1. The van der Waals surface area contributed by atoms with Crippen molar-refractivity contribution in [1.82, 2.24) is 0 Å². The Balaban J connectivity index is 2.32. The Morgan fingerprint density at radius 2 is 1.86 bits per heavy atom. The van der Waals surface area contributed by atoms with Gasteiger partial charge in [0.15, 0.2) is 17.3 Å². The summed E-state index contributed by atoms with van der Waals surface area (Å²) in [6, 6.07) is 3.36. The van der Waals surface area contributed by atoms with Crippen LogP contribution in [0.25, 0.3) is 0 Å². The van der Waals surface area contributed by atoms with Crippen LogP contribution in [0.4, 0.5) is 0 Å². The predicted molar refractivity (Wildman–Crippen MR) is 84.7 cm³/mol. The fourth-order valence-electron chi connectivity index (χ4n) is 2.63. The first-order valence-corrected chi connectivity index (χ1v) is 7.70. The van der Waals surface area contributed by atoms with Crippen LogP contribution in [0.3, 0.4) is 0 Å². The molecule has 0 aliphatic heterocycles. The highest BCUT2D eigenvalue weighted by Crippen LogP contribution is 2.37. The number of hydrogen-bond acceptors (Lipinski definition) is 3. The highest BCUT2D eigenvalue weighted by atomic mass is 35.5. The first-order chi connectivity index (χ1) is 10.2. The molecule has 3 nitrogen and oxygen atoms in total. The van der Waals surface area contributed by atoms with Crippen molar-refractivity contribution in [3.63, 3.8) is 0 Å². The van der Waals surface area contributed by atoms with Gasteiger partial charge in [-0.05, 0) is 43.4 Å². The average molecular weight is 309 g/mol. The first-order valence-electron chi connectivity index (χ1n) is 7.32. The van der Waals surface area contributed by atoms with Gasteiger partial charge in [0.2, 0.25) is 0 Å². The van der Waals surface area contributed by atoms with Gasteiger partial charge < -0.3 is 9.47 Å². The molecule has 0 saturated carbocycles. The Morgan fingerprint density at radius 3 is 2.57 bits per heavy atom. The Bertz CT molecular complexity index is 549. The van der Waals surface area contributed by atoms with Crippen molar-refractivity contribution in [1.29, 1.82) is 0 Å².